The van der Waals surface area contributed by atoms with Gasteiger partial charge in [-0.15, -0.1) is 11.3 Å². The second kappa shape index (κ2) is 14.8. The minimum absolute atomic E-state index is 0.0191. The molecule has 4 atom stereocenters. The van der Waals surface area contributed by atoms with E-state index in [1.165, 1.54) is 17.7 Å². The molecule has 46 heavy (non-hydrogen) atoms. The molecule has 1 saturated carbocycles. The molecule has 2 heterocycles. The maximum absolute atomic E-state index is 14.0. The van der Waals surface area contributed by atoms with Gasteiger partial charge in [0.25, 0.3) is 0 Å². The van der Waals surface area contributed by atoms with E-state index in [-0.39, 0.29) is 30.5 Å². The monoisotopic (exact) mass is 745 g/mol. The van der Waals surface area contributed by atoms with E-state index >= 15 is 0 Å². The number of benzene rings is 1. The number of aromatic nitrogens is 2. The van der Waals surface area contributed by atoms with Crippen LogP contribution in [0, 0.1) is 5.92 Å². The third-order valence-corrected chi connectivity index (χ3v) is 18.1. The SMILES string of the molecule is CC(C)[Si](O[C@H]1C[C@H](Nc2ncncc2C(=O)c2cc(C(C)(O[Si](C)(C)C)c3cccc(Br)c3)cs2)C[C@@H]1CO)(C(C)C)C(C)C. The lowest BCUT2D eigenvalue weighted by molar-refractivity contribution is 0.0941. The Morgan fingerprint density at radius 2 is 1.76 bits per heavy atom. The summed E-state index contributed by atoms with van der Waals surface area (Å²) in [6.45, 7) is 22.4. The van der Waals surface area contributed by atoms with E-state index in [1.807, 2.05) is 23.6 Å². The van der Waals surface area contributed by atoms with Gasteiger partial charge in [0, 0.05) is 29.2 Å². The van der Waals surface area contributed by atoms with Crippen molar-refractivity contribution in [2.75, 3.05) is 11.9 Å². The molecule has 1 unspecified atom stereocenters. The van der Waals surface area contributed by atoms with Crippen LogP contribution in [0.15, 0.2) is 52.7 Å². The molecular weight excluding hydrogens is 695 g/mol. The molecule has 0 aliphatic heterocycles. The Balaban J connectivity index is 1.59. The van der Waals surface area contributed by atoms with Crippen molar-refractivity contribution in [1.82, 2.24) is 9.97 Å². The smallest absolute Gasteiger partial charge is 0.208 e. The summed E-state index contributed by atoms with van der Waals surface area (Å²) in [4.78, 5) is 23.4. The fourth-order valence-electron chi connectivity index (χ4n) is 7.54. The third kappa shape index (κ3) is 7.93. The maximum atomic E-state index is 14.0. The molecule has 0 spiro atoms. The quantitative estimate of drug-likeness (QED) is 0.125. The zero-order valence-electron chi connectivity index (χ0n) is 29.1. The van der Waals surface area contributed by atoms with Gasteiger partial charge >= 0.3 is 0 Å². The summed E-state index contributed by atoms with van der Waals surface area (Å²) in [5, 5.41) is 16.0. The number of anilines is 1. The van der Waals surface area contributed by atoms with Crippen LogP contribution in [0.3, 0.4) is 0 Å². The Morgan fingerprint density at radius 3 is 2.35 bits per heavy atom. The van der Waals surface area contributed by atoms with E-state index in [1.54, 1.807) is 6.20 Å². The number of aliphatic hydroxyl groups is 1. The van der Waals surface area contributed by atoms with Crippen LogP contribution < -0.4 is 5.32 Å². The summed E-state index contributed by atoms with van der Waals surface area (Å²) in [7, 11) is -4.12. The number of thiophene rings is 1. The average molecular weight is 747 g/mol. The average Bonchev–Trinajstić information content (AvgIpc) is 3.62. The van der Waals surface area contributed by atoms with Gasteiger partial charge in [-0.2, -0.15) is 0 Å². The van der Waals surface area contributed by atoms with Gasteiger partial charge in [0.05, 0.1) is 16.5 Å². The molecule has 252 valence electrons. The van der Waals surface area contributed by atoms with Crippen molar-refractivity contribution in [2.45, 2.75) is 115 Å². The van der Waals surface area contributed by atoms with Crippen LogP contribution in [0.2, 0.25) is 36.3 Å². The minimum Gasteiger partial charge on any atom is -0.413 e. The number of ketones is 1. The van der Waals surface area contributed by atoms with Crippen LogP contribution in [0.1, 0.15) is 87.7 Å². The highest BCUT2D eigenvalue weighted by atomic mass is 79.9. The second-order valence-corrected chi connectivity index (χ2v) is 26.5. The van der Waals surface area contributed by atoms with Gasteiger partial charge in [-0.25, -0.2) is 9.97 Å². The molecule has 1 aliphatic carbocycles. The highest BCUT2D eigenvalue weighted by Gasteiger charge is 2.49. The highest BCUT2D eigenvalue weighted by Crippen LogP contribution is 2.46. The summed E-state index contributed by atoms with van der Waals surface area (Å²) in [6.07, 6.45) is 4.55. The Kier molecular flexibility index (Phi) is 11.9. The Hall–Kier alpha value is -1.74. The minimum atomic E-state index is -2.13. The Bertz CT molecular complexity index is 1470. The summed E-state index contributed by atoms with van der Waals surface area (Å²) in [5.74, 6) is 0.424. The molecule has 0 amide bonds. The largest absolute Gasteiger partial charge is 0.413 e. The second-order valence-electron chi connectivity index (χ2n) is 14.8. The lowest BCUT2D eigenvalue weighted by atomic mass is 9.90. The lowest BCUT2D eigenvalue weighted by Crippen LogP contribution is -2.51. The van der Waals surface area contributed by atoms with Crippen LogP contribution >= 0.6 is 27.3 Å². The highest BCUT2D eigenvalue weighted by molar-refractivity contribution is 9.10. The molecule has 1 aliphatic rings. The maximum Gasteiger partial charge on any atom is 0.208 e. The fraction of sp³-hybridized carbons (Fsp3) is 0.571. The predicted octanol–water partition coefficient (Wildman–Crippen LogP) is 9.39. The number of nitrogens with one attached hydrogen (secondary N) is 1. The zero-order valence-corrected chi connectivity index (χ0v) is 33.5. The van der Waals surface area contributed by atoms with Crippen LogP contribution in [-0.4, -0.2) is 56.2 Å². The van der Waals surface area contributed by atoms with Crippen molar-refractivity contribution in [2.24, 2.45) is 5.92 Å². The molecule has 11 heteroatoms. The number of hydrogen-bond acceptors (Lipinski definition) is 8. The van der Waals surface area contributed by atoms with E-state index in [9.17, 15) is 9.90 Å². The normalized spacial score (nSPS) is 20.5. The first-order valence-corrected chi connectivity index (χ1v) is 23.7. The van der Waals surface area contributed by atoms with Gasteiger partial charge in [0.1, 0.15) is 17.7 Å². The fourth-order valence-corrected chi connectivity index (χ4v) is 16.0. The summed E-state index contributed by atoms with van der Waals surface area (Å²) >= 11 is 5.03. The van der Waals surface area contributed by atoms with E-state index in [4.69, 9.17) is 8.85 Å². The number of aliphatic hydroxyl groups excluding tert-OH is 1. The molecule has 7 nitrogen and oxygen atoms in total. The molecule has 1 aromatic carbocycles. The van der Waals surface area contributed by atoms with Crippen LogP contribution in [0.4, 0.5) is 5.82 Å². The predicted molar refractivity (Wildman–Crippen MR) is 198 cm³/mol. The van der Waals surface area contributed by atoms with Crippen molar-refractivity contribution < 1.29 is 18.8 Å². The van der Waals surface area contributed by atoms with E-state index in [2.05, 4.69) is 111 Å². The van der Waals surface area contributed by atoms with Gasteiger partial charge in [-0.1, -0.05) is 69.6 Å². The van der Waals surface area contributed by atoms with Gasteiger partial charge < -0.3 is 19.3 Å². The topological polar surface area (TPSA) is 93.6 Å². The molecule has 0 bridgehead atoms. The van der Waals surface area contributed by atoms with Gasteiger partial charge in [-0.05, 0) is 90.7 Å². The molecule has 4 rings (SSSR count). The van der Waals surface area contributed by atoms with Crippen molar-refractivity contribution in [3.63, 3.8) is 0 Å². The first kappa shape index (κ1) is 37.1. The van der Waals surface area contributed by atoms with Crippen LogP contribution in [0.5, 0.6) is 0 Å². The van der Waals surface area contributed by atoms with E-state index in [0.717, 1.165) is 28.4 Å². The molecule has 1 fully saturated rings. The lowest BCUT2D eigenvalue weighted by Gasteiger charge is -2.45. The molecule has 2 aromatic heterocycles. The first-order valence-electron chi connectivity index (χ1n) is 16.5. The van der Waals surface area contributed by atoms with Crippen LogP contribution in [0.25, 0.3) is 0 Å². The van der Waals surface area contributed by atoms with Crippen molar-refractivity contribution >= 4 is 55.5 Å². The number of rotatable bonds is 14. The van der Waals surface area contributed by atoms with Gasteiger partial charge in [0.15, 0.2) is 8.32 Å². The van der Waals surface area contributed by atoms with Gasteiger partial charge in [-0.3, -0.25) is 4.79 Å². The molecule has 2 N–H and O–H groups in total. The number of halogens is 1. The molecule has 0 radical (unpaired) electrons. The number of hydrogen-bond donors (Lipinski definition) is 2. The van der Waals surface area contributed by atoms with Gasteiger partial charge in [0.2, 0.25) is 14.1 Å². The zero-order chi connectivity index (χ0) is 34.0. The van der Waals surface area contributed by atoms with Crippen molar-refractivity contribution in [3.8, 4) is 0 Å². The van der Waals surface area contributed by atoms with Crippen LogP contribution in [-0.2, 0) is 14.5 Å². The van der Waals surface area contributed by atoms with Crippen molar-refractivity contribution in [3.05, 3.63) is 74.3 Å². The number of carbonyl (C=O) groups is 1. The Morgan fingerprint density at radius 1 is 1.09 bits per heavy atom. The summed E-state index contributed by atoms with van der Waals surface area (Å²) < 4.78 is 14.9. The molecule has 3 aromatic rings. The third-order valence-electron chi connectivity index (χ3n) is 9.48. The number of carbonyl (C=O) groups excluding carboxylic acids is 1. The molecule has 0 saturated heterocycles. The van der Waals surface area contributed by atoms with E-state index < -0.39 is 22.2 Å². The number of nitrogens with zero attached hydrogens (tertiary/aromatic N) is 2. The first-order chi connectivity index (χ1) is 21.5. The summed E-state index contributed by atoms with van der Waals surface area (Å²) in [6, 6.07) is 10.2. The Labute approximate surface area is 290 Å². The summed E-state index contributed by atoms with van der Waals surface area (Å²) in [5.41, 5.74) is 3.08. The van der Waals surface area contributed by atoms with E-state index in [0.29, 0.717) is 32.9 Å². The standard InChI is InChI=1S/C35H52BrN3O4SSi2/c1-22(2)46(23(3)4,24(5)6)42-31-17-29(14-25(31)19-40)39-34-30(18-37-21-38-34)33(41)32-16-27(20-44-32)35(7,43-45(8,9)10)26-12-11-13-28(36)15-26/h11-13,15-16,18,20-25,29,31,40H,14,17,19H2,1-10H3,(H,37,38,39)/t25-,29-,31+,35?/m1/s1. The molecular formula is C35H52BrN3O4SSi2. The van der Waals surface area contributed by atoms with Crippen molar-refractivity contribution in [1.29, 1.82) is 0 Å².